The lowest BCUT2D eigenvalue weighted by molar-refractivity contribution is -0.0635. The quantitative estimate of drug-likeness (QED) is 0.0254. The third-order valence-electron chi connectivity index (χ3n) is 16.7. The highest BCUT2D eigenvalue weighted by Gasteiger charge is 2.50. The van der Waals surface area contributed by atoms with Crippen LogP contribution >= 0.6 is 39.5 Å². The van der Waals surface area contributed by atoms with Gasteiger partial charge in [-0.1, -0.05) is 0 Å². The molecule has 5 aliphatic rings. The molecule has 49 nitrogen and oxygen atoms in total. The van der Waals surface area contributed by atoms with Crippen LogP contribution in [0.4, 0.5) is 23.4 Å². The number of hydrogen-bond acceptors (Lipinski definition) is 37. The molecular weight excluding hydrogens is 1490 g/mol. The first-order valence-corrected chi connectivity index (χ1v) is 37.6. The molecule has 0 amide bonds. The smallest absolute Gasteiger partial charge is 0.390 e. The maximum absolute atomic E-state index is 14.3. The van der Waals surface area contributed by atoms with Gasteiger partial charge in [0.15, 0.2) is 34.1 Å². The van der Waals surface area contributed by atoms with E-state index in [0.29, 0.717) is 0 Å². The van der Waals surface area contributed by atoms with Crippen LogP contribution in [-0.4, -0.2) is 201 Å². The normalized spacial score (nSPS) is 29.2. The topological polar surface area (TPSA) is 681 Å². The van der Waals surface area contributed by atoms with Crippen LogP contribution in [0.1, 0.15) is 68.8 Å². The van der Waals surface area contributed by atoms with E-state index in [-0.39, 0.29) is 75.3 Å². The van der Waals surface area contributed by atoms with E-state index in [1.807, 2.05) is 0 Å². The van der Waals surface area contributed by atoms with Gasteiger partial charge in [-0.05, 0) is 13.0 Å². The van der Waals surface area contributed by atoms with Crippen molar-refractivity contribution in [1.82, 2.24) is 77.7 Å². The number of rotatable bonds is 28. The van der Waals surface area contributed by atoms with Crippen molar-refractivity contribution in [2.75, 3.05) is 56.0 Å². The Morgan fingerprint density at radius 3 is 1.40 bits per heavy atom. The molecule has 20 atom stereocenters. The molecule has 5 aliphatic heterocycles. The standard InChI is InChI=1S/C49H61N20O29P5/c1-20-9-66(49(74)64-45(20)71)34-6-22(27(91-34)10-85-99(75)76)95-101(79,80)87-12-28-23(5-33(92-28)65-3-2-31(50)61-48(65)73)96-102(81,82)89-14-30-25(8-36(94-30)69-19-60-39-44(69)62-47(53)63-46(39)72)98-103(83,84)88-13-29-24(7-35(93-29)68-18-59-38-41(52)55-16-57-43(38)68)97-100(77,78)86-11-26-21(70)4-32(90-26)67-17-58-37-40(51)54-15-56-42(37)67/h2-3,9,15-19,21-30,32-36,70H,4-8,10-14H2,1H3,(H14-,50,51,52,53,54,55,56,57,61,62,63,64,71,72,73,74,75,76,77,78,79,80,81,82,83,84)/p+1/t21-,22-,23-,24-,25-,26+,27+,28+,29+,30+,32+,33+,34+,35+,36+/m0/s1. The number of aromatic nitrogens is 16. The van der Waals surface area contributed by atoms with Crippen molar-refractivity contribution in [3.8, 4) is 0 Å². The molecule has 5 fully saturated rings. The largest absolute Gasteiger partial charge is 0.694 e. The van der Waals surface area contributed by atoms with Gasteiger partial charge in [0.1, 0.15) is 122 Å². The van der Waals surface area contributed by atoms with Crippen molar-refractivity contribution in [1.29, 1.82) is 0 Å². The molecule has 13 rings (SSSR count). The second-order valence-electron chi connectivity index (χ2n) is 23.5. The van der Waals surface area contributed by atoms with E-state index in [0.717, 1.165) is 34.2 Å². The number of H-pyrrole nitrogens is 2. The number of anilines is 4. The Morgan fingerprint density at radius 1 is 0.524 bits per heavy atom. The van der Waals surface area contributed by atoms with Gasteiger partial charge in [0.05, 0.1) is 51.5 Å². The Hall–Kier alpha value is -7.57. The molecule has 8 aromatic heterocycles. The van der Waals surface area contributed by atoms with E-state index in [4.69, 9.17) is 87.3 Å². The van der Waals surface area contributed by atoms with Gasteiger partial charge in [0, 0.05) is 54.6 Å². The summed E-state index contributed by atoms with van der Waals surface area (Å²) in [5.74, 6) is -0.507. The molecule has 8 aromatic rings. The van der Waals surface area contributed by atoms with Gasteiger partial charge in [-0.3, -0.25) is 78.6 Å². The SMILES string of the molecule is Cc1cn([C@H]2C[C@H](OP(=O)(O)OC[C@H]3O[C@@H](n4ccc(N)nc4=O)C[C@@H]3OP(=O)(O)OC[C@H]3O[C@@H](n4cnc5c(=O)[nH]c(N)nc54)C[C@@H]3OP(=O)(O)OC[C@H]3O[C@@H](n4cnc5c(N)ncnc54)C[C@@H]3OP(=O)(O)OC[C@H]3O[C@@H](n4cnc5c(N)ncnc54)C[C@@H]3O)[C@@H](CO[P+](=O)O)O2)c(=O)[nH]c1=O. The predicted molar refractivity (Wildman–Crippen MR) is 338 cm³/mol. The van der Waals surface area contributed by atoms with E-state index in [1.165, 1.54) is 45.7 Å². The number of nitrogens with one attached hydrogen (secondary N) is 2. The zero-order chi connectivity index (χ0) is 73.2. The summed E-state index contributed by atoms with van der Waals surface area (Å²) in [6, 6.07) is 1.21. The summed E-state index contributed by atoms with van der Waals surface area (Å²) in [4.78, 5) is 147. The second kappa shape index (κ2) is 29.4. The van der Waals surface area contributed by atoms with Crippen LogP contribution in [0.15, 0.2) is 69.3 Å². The monoisotopic (exact) mass is 1550 g/mol. The number of nitrogen functional groups attached to an aromatic ring is 4. The summed E-state index contributed by atoms with van der Waals surface area (Å²) >= 11 is 0. The van der Waals surface area contributed by atoms with Crippen molar-refractivity contribution >= 4 is 96.4 Å². The lowest BCUT2D eigenvalue weighted by Gasteiger charge is -2.25. The number of imidazole rings is 3. The van der Waals surface area contributed by atoms with Gasteiger partial charge in [0.25, 0.3) is 11.1 Å². The van der Waals surface area contributed by atoms with Crippen LogP contribution in [-0.2, 0) is 87.2 Å². The van der Waals surface area contributed by atoms with E-state index in [1.54, 1.807) is 0 Å². The fourth-order valence-corrected chi connectivity index (χ4v) is 16.1. The van der Waals surface area contributed by atoms with Crippen molar-refractivity contribution < 1.29 is 117 Å². The molecule has 0 saturated carbocycles. The van der Waals surface area contributed by atoms with Crippen molar-refractivity contribution in [2.45, 2.75) is 131 Å². The lowest BCUT2D eigenvalue weighted by atomic mass is 10.2. The summed E-state index contributed by atoms with van der Waals surface area (Å²) in [7, 11) is -24.9. The van der Waals surface area contributed by atoms with Crippen molar-refractivity contribution in [3.05, 3.63) is 97.3 Å². The molecule has 54 heteroatoms. The molecule has 0 radical (unpaired) electrons. The molecule has 0 spiro atoms. The maximum Gasteiger partial charge on any atom is 0.694 e. The van der Waals surface area contributed by atoms with Crippen LogP contribution in [0.5, 0.6) is 0 Å². The van der Waals surface area contributed by atoms with Crippen LogP contribution in [0.2, 0.25) is 0 Å². The summed E-state index contributed by atoms with van der Waals surface area (Å²) in [5, 5.41) is 11.0. The molecule has 13 heterocycles. The highest BCUT2D eigenvalue weighted by atomic mass is 31.2. The van der Waals surface area contributed by atoms with Gasteiger partial charge in [-0.15, -0.1) is 9.42 Å². The Morgan fingerprint density at radius 2 is 0.932 bits per heavy atom. The Labute approximate surface area is 573 Å². The molecule has 556 valence electrons. The molecule has 0 aromatic carbocycles. The van der Waals surface area contributed by atoms with Crippen LogP contribution in [0, 0.1) is 6.92 Å². The minimum Gasteiger partial charge on any atom is -0.390 e. The average molecular weight is 1550 g/mol. The molecular formula is C49H62N20O29P5+. The van der Waals surface area contributed by atoms with E-state index >= 15 is 0 Å². The number of hydrogen-bond donors (Lipinski definition) is 12. The minimum absolute atomic E-state index is 0.0200. The summed E-state index contributed by atoms with van der Waals surface area (Å²) in [5.41, 5.74) is 20.6. The van der Waals surface area contributed by atoms with E-state index < -0.39 is 207 Å². The maximum atomic E-state index is 14.3. The molecule has 0 bridgehead atoms. The molecule has 103 heavy (non-hydrogen) atoms. The van der Waals surface area contributed by atoms with Crippen LogP contribution in [0.25, 0.3) is 33.5 Å². The first-order chi connectivity index (χ1) is 48.8. The predicted octanol–water partition coefficient (Wildman–Crippen LogP) is -1.28. The number of nitrogens with two attached hydrogens (primary N) is 4. The number of phosphoric acid groups is 4. The highest BCUT2D eigenvalue weighted by molar-refractivity contribution is 7.48. The van der Waals surface area contributed by atoms with Crippen LogP contribution in [0.3, 0.4) is 0 Å². The molecule has 0 aliphatic carbocycles. The first kappa shape index (κ1) is 73.7. The first-order valence-electron chi connectivity index (χ1n) is 30.4. The van der Waals surface area contributed by atoms with Gasteiger partial charge >= 0.3 is 50.9 Å². The average Bonchev–Trinajstić information content (AvgIpc) is 1.65. The number of phosphoric ester groups is 4. The third-order valence-corrected chi connectivity index (χ3v) is 21.2. The second-order valence-corrected chi connectivity index (χ2v) is 29.9. The number of nitrogens with zero attached hydrogens (tertiary/aromatic N) is 14. The van der Waals surface area contributed by atoms with Crippen molar-refractivity contribution in [3.63, 3.8) is 0 Å². The fourth-order valence-electron chi connectivity index (χ4n) is 11.9. The Bertz CT molecular complexity index is 4980. The zero-order valence-electron chi connectivity index (χ0n) is 52.7. The number of fused-ring (bicyclic) bond motifs is 3. The number of aliphatic hydroxyl groups excluding tert-OH is 1. The summed E-state index contributed by atoms with van der Waals surface area (Å²) in [6.45, 7) is -3.16. The van der Waals surface area contributed by atoms with Gasteiger partial charge in [-0.25, -0.2) is 62.7 Å². The number of aromatic amines is 2. The lowest BCUT2D eigenvalue weighted by Crippen LogP contribution is -2.33. The van der Waals surface area contributed by atoms with E-state index in [9.17, 15) is 71.6 Å². The van der Waals surface area contributed by atoms with Gasteiger partial charge < -0.3 is 71.3 Å². The third kappa shape index (κ3) is 16.5. The Balaban J connectivity index is 0.705. The number of ether oxygens (including phenoxy) is 5. The Kier molecular flexibility index (Phi) is 21.0. The number of aryl methyl sites for hydroxylation is 1. The van der Waals surface area contributed by atoms with Crippen molar-refractivity contribution in [2.24, 2.45) is 0 Å². The fraction of sp³-hybridized carbons (Fsp3) is 0.531. The van der Waals surface area contributed by atoms with Gasteiger partial charge in [-0.2, -0.15) is 9.97 Å². The molecule has 5 saturated heterocycles. The highest BCUT2D eigenvalue weighted by Crippen LogP contribution is 2.55. The van der Waals surface area contributed by atoms with E-state index in [2.05, 4.69) is 54.8 Å². The summed E-state index contributed by atoms with van der Waals surface area (Å²) < 4.78 is 153. The molecule has 5 unspecified atom stereocenters. The van der Waals surface area contributed by atoms with Crippen LogP contribution < -0.4 is 45.4 Å². The van der Waals surface area contributed by atoms with Gasteiger partial charge in [0.2, 0.25) is 5.95 Å². The summed E-state index contributed by atoms with van der Waals surface area (Å²) in [6.07, 6.45) is -15.0. The zero-order valence-corrected chi connectivity index (χ0v) is 57.2. The molecule has 16 N–H and O–H groups in total. The number of aliphatic hydroxyl groups is 1. The minimum atomic E-state index is -5.55.